The van der Waals surface area contributed by atoms with Crippen LogP contribution in [0, 0.1) is 5.92 Å². The minimum absolute atomic E-state index is 0.00632. The summed E-state index contributed by atoms with van der Waals surface area (Å²) in [6.45, 7) is 7.32. The van der Waals surface area contributed by atoms with E-state index in [1.165, 1.54) is 6.92 Å². The smallest absolute Gasteiger partial charge is 0.221 e. The number of ether oxygens (including phenoxy) is 2. The van der Waals surface area contributed by atoms with Crippen molar-refractivity contribution in [2.75, 3.05) is 33.9 Å². The Morgan fingerprint density at radius 1 is 1.16 bits per heavy atom. The summed E-state index contributed by atoms with van der Waals surface area (Å²) in [5, 5.41) is 2.90. The Morgan fingerprint density at radius 2 is 1.84 bits per heavy atom. The van der Waals surface area contributed by atoms with E-state index in [1.807, 2.05) is 18.2 Å². The SMILES string of the molecule is COc1ccc(CCNC(=O)CCN(CC(C)C)C(C)=O)cc1OC. The van der Waals surface area contributed by atoms with E-state index < -0.39 is 0 Å². The minimum Gasteiger partial charge on any atom is -0.493 e. The maximum atomic E-state index is 12.0. The molecule has 0 aliphatic rings. The van der Waals surface area contributed by atoms with Crippen LogP contribution in [0.5, 0.6) is 11.5 Å². The summed E-state index contributed by atoms with van der Waals surface area (Å²) in [5.74, 6) is 1.71. The average Bonchev–Trinajstić information content (AvgIpc) is 2.57. The molecule has 0 aromatic heterocycles. The van der Waals surface area contributed by atoms with Crippen molar-refractivity contribution in [2.45, 2.75) is 33.6 Å². The van der Waals surface area contributed by atoms with E-state index in [2.05, 4.69) is 19.2 Å². The number of carbonyl (C=O) groups is 2. The van der Waals surface area contributed by atoms with Crippen molar-refractivity contribution in [1.29, 1.82) is 0 Å². The van der Waals surface area contributed by atoms with Gasteiger partial charge in [0.1, 0.15) is 0 Å². The van der Waals surface area contributed by atoms with E-state index in [9.17, 15) is 9.59 Å². The predicted octanol–water partition coefficient (Wildman–Crippen LogP) is 2.26. The zero-order chi connectivity index (χ0) is 18.8. The van der Waals surface area contributed by atoms with Gasteiger partial charge in [-0.15, -0.1) is 0 Å². The molecule has 0 atom stereocenters. The summed E-state index contributed by atoms with van der Waals surface area (Å²) < 4.78 is 10.5. The van der Waals surface area contributed by atoms with Crippen LogP contribution in [0.25, 0.3) is 0 Å². The first-order valence-corrected chi connectivity index (χ1v) is 8.60. The number of rotatable bonds is 10. The summed E-state index contributed by atoms with van der Waals surface area (Å²) in [6.07, 6.45) is 1.02. The van der Waals surface area contributed by atoms with Crippen molar-refractivity contribution in [2.24, 2.45) is 5.92 Å². The number of hydrogen-bond donors (Lipinski definition) is 1. The van der Waals surface area contributed by atoms with Crippen molar-refractivity contribution in [3.63, 3.8) is 0 Å². The lowest BCUT2D eigenvalue weighted by Crippen LogP contribution is -2.36. The third-order valence-electron chi connectivity index (χ3n) is 3.82. The van der Waals surface area contributed by atoms with Gasteiger partial charge in [-0.25, -0.2) is 0 Å². The lowest BCUT2D eigenvalue weighted by atomic mass is 10.1. The maximum Gasteiger partial charge on any atom is 0.221 e. The first kappa shape index (κ1) is 20.8. The Kier molecular flexibility index (Phi) is 8.81. The van der Waals surface area contributed by atoms with Gasteiger partial charge in [-0.3, -0.25) is 9.59 Å². The maximum absolute atomic E-state index is 12.0. The predicted molar refractivity (Wildman–Crippen MR) is 98.0 cm³/mol. The highest BCUT2D eigenvalue weighted by Crippen LogP contribution is 2.27. The molecule has 140 valence electrons. The number of methoxy groups -OCH3 is 2. The molecule has 0 unspecified atom stereocenters. The molecule has 25 heavy (non-hydrogen) atoms. The van der Waals surface area contributed by atoms with Crippen molar-refractivity contribution in [3.8, 4) is 11.5 Å². The fourth-order valence-electron chi connectivity index (χ4n) is 2.53. The number of nitrogens with zero attached hydrogens (tertiary/aromatic N) is 1. The molecule has 6 nitrogen and oxygen atoms in total. The highest BCUT2D eigenvalue weighted by molar-refractivity contribution is 5.78. The van der Waals surface area contributed by atoms with Crippen LogP contribution >= 0.6 is 0 Å². The zero-order valence-corrected chi connectivity index (χ0v) is 15.9. The summed E-state index contributed by atoms with van der Waals surface area (Å²) in [6, 6.07) is 5.71. The Balaban J connectivity index is 2.40. The zero-order valence-electron chi connectivity index (χ0n) is 15.9. The largest absolute Gasteiger partial charge is 0.493 e. The molecule has 1 N–H and O–H groups in total. The van der Waals surface area contributed by atoms with Gasteiger partial charge < -0.3 is 19.7 Å². The fraction of sp³-hybridized carbons (Fsp3) is 0.579. The molecule has 1 aromatic carbocycles. The Bertz CT molecular complexity index is 573. The van der Waals surface area contributed by atoms with Gasteiger partial charge in [-0.05, 0) is 30.0 Å². The molecule has 0 saturated carbocycles. The molecule has 1 rings (SSSR count). The summed E-state index contributed by atoms with van der Waals surface area (Å²) >= 11 is 0. The van der Waals surface area contributed by atoms with E-state index in [-0.39, 0.29) is 11.8 Å². The van der Waals surface area contributed by atoms with Crippen LogP contribution in [0.2, 0.25) is 0 Å². The second-order valence-electron chi connectivity index (χ2n) is 6.40. The van der Waals surface area contributed by atoms with E-state index >= 15 is 0 Å². The van der Waals surface area contributed by atoms with Crippen LogP contribution in [0.15, 0.2) is 18.2 Å². The number of benzene rings is 1. The standard InChI is InChI=1S/C19H30N2O4/c1-14(2)13-21(15(3)22)11-9-19(23)20-10-8-16-6-7-17(24-4)18(12-16)25-5/h6-7,12,14H,8-11,13H2,1-5H3,(H,20,23). The highest BCUT2D eigenvalue weighted by atomic mass is 16.5. The Morgan fingerprint density at radius 3 is 2.40 bits per heavy atom. The van der Waals surface area contributed by atoms with E-state index in [1.54, 1.807) is 19.1 Å². The van der Waals surface area contributed by atoms with Crippen LogP contribution in [0.1, 0.15) is 32.8 Å². The van der Waals surface area contributed by atoms with Crippen LogP contribution in [0.3, 0.4) is 0 Å². The second kappa shape index (κ2) is 10.6. The number of nitrogens with one attached hydrogen (secondary N) is 1. The molecule has 0 bridgehead atoms. The molecule has 0 fully saturated rings. The quantitative estimate of drug-likeness (QED) is 0.703. The molecular weight excluding hydrogens is 320 g/mol. The summed E-state index contributed by atoms with van der Waals surface area (Å²) in [7, 11) is 3.20. The molecule has 0 radical (unpaired) electrons. The van der Waals surface area contributed by atoms with Gasteiger partial charge in [0.15, 0.2) is 11.5 Å². The molecule has 1 aromatic rings. The number of amides is 2. The lowest BCUT2D eigenvalue weighted by Gasteiger charge is -2.22. The summed E-state index contributed by atoms with van der Waals surface area (Å²) in [5.41, 5.74) is 1.06. The molecule has 0 aliphatic heterocycles. The van der Waals surface area contributed by atoms with E-state index in [4.69, 9.17) is 9.47 Å². The first-order chi connectivity index (χ1) is 11.9. The van der Waals surface area contributed by atoms with Crippen LogP contribution < -0.4 is 14.8 Å². The molecular formula is C19H30N2O4. The number of hydrogen-bond acceptors (Lipinski definition) is 4. The van der Waals surface area contributed by atoms with Gasteiger partial charge >= 0.3 is 0 Å². The van der Waals surface area contributed by atoms with Crippen molar-refractivity contribution >= 4 is 11.8 Å². The van der Waals surface area contributed by atoms with Gasteiger partial charge in [0, 0.05) is 33.0 Å². The van der Waals surface area contributed by atoms with Crippen LogP contribution in [-0.2, 0) is 16.0 Å². The normalized spacial score (nSPS) is 10.5. The van der Waals surface area contributed by atoms with Gasteiger partial charge in [-0.2, -0.15) is 0 Å². The van der Waals surface area contributed by atoms with Crippen molar-refractivity contribution < 1.29 is 19.1 Å². The molecule has 6 heteroatoms. The lowest BCUT2D eigenvalue weighted by molar-refractivity contribution is -0.130. The third kappa shape index (κ3) is 7.45. The van der Waals surface area contributed by atoms with Gasteiger partial charge in [0.2, 0.25) is 11.8 Å². The van der Waals surface area contributed by atoms with Crippen LogP contribution in [0.4, 0.5) is 0 Å². The first-order valence-electron chi connectivity index (χ1n) is 8.60. The summed E-state index contributed by atoms with van der Waals surface area (Å²) in [4.78, 5) is 25.3. The van der Waals surface area contributed by atoms with E-state index in [0.29, 0.717) is 49.9 Å². The molecule has 0 saturated heterocycles. The van der Waals surface area contributed by atoms with E-state index in [0.717, 1.165) is 5.56 Å². The third-order valence-corrected chi connectivity index (χ3v) is 3.82. The van der Waals surface area contributed by atoms with Crippen LogP contribution in [-0.4, -0.2) is 50.6 Å². The molecule has 0 heterocycles. The van der Waals surface area contributed by atoms with Crippen molar-refractivity contribution in [1.82, 2.24) is 10.2 Å². The Hall–Kier alpha value is -2.24. The number of carbonyl (C=O) groups excluding carboxylic acids is 2. The molecule has 2 amide bonds. The van der Waals surface area contributed by atoms with Gasteiger partial charge in [-0.1, -0.05) is 19.9 Å². The van der Waals surface area contributed by atoms with Gasteiger partial charge in [0.05, 0.1) is 14.2 Å². The molecule has 0 spiro atoms. The average molecular weight is 350 g/mol. The topological polar surface area (TPSA) is 67.9 Å². The van der Waals surface area contributed by atoms with Gasteiger partial charge in [0.25, 0.3) is 0 Å². The highest BCUT2D eigenvalue weighted by Gasteiger charge is 2.12. The Labute approximate surface area is 150 Å². The monoisotopic (exact) mass is 350 g/mol. The minimum atomic E-state index is -0.0458. The fourth-order valence-corrected chi connectivity index (χ4v) is 2.53. The van der Waals surface area contributed by atoms with Crippen molar-refractivity contribution in [3.05, 3.63) is 23.8 Å². The second-order valence-corrected chi connectivity index (χ2v) is 6.40. The molecule has 0 aliphatic carbocycles.